The van der Waals surface area contributed by atoms with E-state index in [9.17, 15) is 9.59 Å². The number of carbonyl (C=O) groups is 2. The van der Waals surface area contributed by atoms with Gasteiger partial charge in [0.15, 0.2) is 0 Å². The Labute approximate surface area is 182 Å². The lowest BCUT2D eigenvalue weighted by molar-refractivity contribution is -0.250. The van der Waals surface area contributed by atoms with E-state index in [4.69, 9.17) is 9.47 Å². The number of H-pyrrole nitrogens is 2. The number of para-hydroxylation sites is 1. The molecule has 2 aromatic heterocycles. The number of hydrogen-bond acceptors (Lipinski definition) is 7. The summed E-state index contributed by atoms with van der Waals surface area (Å²) in [5.74, 6) is -3.35. The minimum Gasteiger partial charge on any atom is -0.398 e. The third-order valence-electron chi connectivity index (χ3n) is 6.27. The molecule has 0 atom stereocenters. The zero-order valence-corrected chi connectivity index (χ0v) is 17.2. The highest BCUT2D eigenvalue weighted by Gasteiger charge is 2.56. The Balaban J connectivity index is 1.29. The van der Waals surface area contributed by atoms with Crippen molar-refractivity contribution in [2.45, 2.75) is 12.3 Å². The smallest absolute Gasteiger partial charge is 0.398 e. The van der Waals surface area contributed by atoms with Crippen LogP contribution in [0.5, 0.6) is 0 Å². The first-order valence-electron chi connectivity index (χ1n) is 10.6. The summed E-state index contributed by atoms with van der Waals surface area (Å²) in [6.07, 6.45) is 2.54. The van der Waals surface area contributed by atoms with Crippen molar-refractivity contribution in [1.29, 1.82) is 0 Å². The van der Waals surface area contributed by atoms with Gasteiger partial charge in [-0.1, -0.05) is 24.3 Å². The van der Waals surface area contributed by atoms with Crippen molar-refractivity contribution >= 4 is 39.4 Å². The molecule has 2 fully saturated rings. The van der Waals surface area contributed by atoms with Gasteiger partial charge in [0.1, 0.15) is 6.54 Å². The number of aromatic amines is 2. The standard InChI is InChI=1S/C23H21N5O4/c29-21-22(30)32-23(31-21)14-27(20-7-3-6-17-16(20)8-10-24-17)12-13-28(23)11-9-19-15-4-1-2-5-18(15)25-26-19/h1-8,10,24H,9,11-14H2,(H,25,26). The Hall–Kier alpha value is -3.85. The summed E-state index contributed by atoms with van der Waals surface area (Å²) in [4.78, 5) is 31.4. The first-order valence-corrected chi connectivity index (χ1v) is 10.6. The third-order valence-corrected chi connectivity index (χ3v) is 6.27. The molecule has 0 radical (unpaired) electrons. The Morgan fingerprint density at radius 1 is 0.969 bits per heavy atom. The molecule has 2 aromatic carbocycles. The molecule has 9 heteroatoms. The van der Waals surface area contributed by atoms with Crippen LogP contribution in [0.3, 0.4) is 0 Å². The molecular formula is C23H21N5O4. The van der Waals surface area contributed by atoms with E-state index in [0.717, 1.165) is 33.2 Å². The minimum absolute atomic E-state index is 0.235. The number of aromatic nitrogens is 3. The maximum Gasteiger partial charge on any atom is 0.421 e. The van der Waals surface area contributed by atoms with Crippen LogP contribution in [0.15, 0.2) is 54.7 Å². The molecule has 32 heavy (non-hydrogen) atoms. The van der Waals surface area contributed by atoms with Crippen molar-refractivity contribution in [3.63, 3.8) is 0 Å². The number of benzene rings is 2. The number of carbonyl (C=O) groups excluding carboxylic acids is 2. The van der Waals surface area contributed by atoms with Gasteiger partial charge in [0.2, 0.25) is 0 Å². The summed E-state index contributed by atoms with van der Waals surface area (Å²) in [5.41, 5.74) is 3.91. The summed E-state index contributed by atoms with van der Waals surface area (Å²) < 4.78 is 11.1. The lowest BCUT2D eigenvalue weighted by atomic mass is 10.1. The number of nitrogens with zero attached hydrogens (tertiary/aromatic N) is 3. The number of esters is 2. The normalized spacial score (nSPS) is 18.6. The van der Waals surface area contributed by atoms with Crippen LogP contribution in [0.25, 0.3) is 21.8 Å². The van der Waals surface area contributed by atoms with E-state index in [-0.39, 0.29) is 6.54 Å². The molecule has 4 heterocycles. The number of nitrogens with one attached hydrogen (secondary N) is 2. The fraction of sp³-hybridized carbons (Fsp3) is 0.261. The second kappa shape index (κ2) is 7.10. The quantitative estimate of drug-likeness (QED) is 0.377. The van der Waals surface area contributed by atoms with Gasteiger partial charge < -0.3 is 19.4 Å². The van der Waals surface area contributed by atoms with Gasteiger partial charge in [-0.15, -0.1) is 0 Å². The van der Waals surface area contributed by atoms with Crippen LogP contribution < -0.4 is 4.90 Å². The second-order valence-corrected chi connectivity index (χ2v) is 8.09. The lowest BCUT2D eigenvalue weighted by Crippen LogP contribution is -2.64. The van der Waals surface area contributed by atoms with Crippen molar-refractivity contribution in [2.24, 2.45) is 0 Å². The number of piperazine rings is 1. The summed E-state index contributed by atoms with van der Waals surface area (Å²) in [7, 11) is 0. The molecule has 2 aliphatic rings. The minimum atomic E-state index is -1.44. The molecule has 9 nitrogen and oxygen atoms in total. The molecule has 6 rings (SSSR count). The highest BCUT2D eigenvalue weighted by atomic mass is 16.8. The maximum absolute atomic E-state index is 12.1. The summed E-state index contributed by atoms with van der Waals surface area (Å²) >= 11 is 0. The molecule has 2 saturated heterocycles. The Morgan fingerprint density at radius 3 is 2.69 bits per heavy atom. The van der Waals surface area contributed by atoms with Crippen molar-refractivity contribution in [1.82, 2.24) is 20.1 Å². The van der Waals surface area contributed by atoms with Crippen LogP contribution in [-0.2, 0) is 25.5 Å². The first-order chi connectivity index (χ1) is 15.6. The second-order valence-electron chi connectivity index (χ2n) is 8.09. The first kappa shape index (κ1) is 18.9. The van der Waals surface area contributed by atoms with E-state index < -0.39 is 17.8 Å². The number of ether oxygens (including phenoxy) is 2. The van der Waals surface area contributed by atoms with Crippen molar-refractivity contribution in [3.05, 3.63) is 60.4 Å². The van der Waals surface area contributed by atoms with Crippen LogP contribution in [0.4, 0.5) is 5.69 Å². The van der Waals surface area contributed by atoms with E-state index in [1.165, 1.54) is 0 Å². The summed E-state index contributed by atoms with van der Waals surface area (Å²) in [6.45, 7) is 2.03. The molecule has 0 aliphatic carbocycles. The molecule has 0 saturated carbocycles. The van der Waals surface area contributed by atoms with E-state index in [1.54, 1.807) is 0 Å². The molecular weight excluding hydrogens is 410 g/mol. The molecule has 162 valence electrons. The largest absolute Gasteiger partial charge is 0.421 e. The van der Waals surface area contributed by atoms with Gasteiger partial charge in [0.05, 0.1) is 5.52 Å². The van der Waals surface area contributed by atoms with Crippen molar-refractivity contribution in [3.8, 4) is 0 Å². The number of hydrogen-bond donors (Lipinski definition) is 2. The highest BCUT2D eigenvalue weighted by Crippen LogP contribution is 2.35. The number of fused-ring (bicyclic) bond motifs is 2. The van der Waals surface area contributed by atoms with Gasteiger partial charge in [-0.25, -0.2) is 14.5 Å². The van der Waals surface area contributed by atoms with Gasteiger partial charge in [-0.2, -0.15) is 5.10 Å². The van der Waals surface area contributed by atoms with Crippen LogP contribution in [-0.4, -0.2) is 64.1 Å². The predicted molar refractivity (Wildman–Crippen MR) is 117 cm³/mol. The van der Waals surface area contributed by atoms with E-state index in [1.807, 2.05) is 59.6 Å². The lowest BCUT2D eigenvalue weighted by Gasteiger charge is -2.45. The van der Waals surface area contributed by atoms with Gasteiger partial charge >= 0.3 is 17.8 Å². The Kier molecular flexibility index (Phi) is 4.19. The zero-order chi connectivity index (χ0) is 21.7. The topological polar surface area (TPSA) is 104 Å². The number of rotatable bonds is 4. The fourth-order valence-electron chi connectivity index (χ4n) is 4.70. The molecule has 0 amide bonds. The zero-order valence-electron chi connectivity index (χ0n) is 17.2. The SMILES string of the molecule is O=C1OC2(CN(c3cccc4[nH]ccc34)CCN2CCc2[nH]nc3ccccc23)OC1=O. The Bertz CT molecular complexity index is 1330. The average molecular weight is 431 g/mol. The molecule has 2 N–H and O–H groups in total. The molecule has 1 spiro atoms. The monoisotopic (exact) mass is 431 g/mol. The van der Waals surface area contributed by atoms with E-state index in [2.05, 4.69) is 20.1 Å². The van der Waals surface area contributed by atoms with Gasteiger partial charge in [0, 0.05) is 59.9 Å². The summed E-state index contributed by atoms with van der Waals surface area (Å²) in [6, 6.07) is 15.9. The third kappa shape index (κ3) is 2.93. The van der Waals surface area contributed by atoms with Gasteiger partial charge in [0.25, 0.3) is 0 Å². The van der Waals surface area contributed by atoms with Crippen LogP contribution in [0.2, 0.25) is 0 Å². The highest BCUT2D eigenvalue weighted by molar-refractivity contribution is 6.31. The fourth-order valence-corrected chi connectivity index (χ4v) is 4.70. The van der Waals surface area contributed by atoms with Crippen LogP contribution in [0, 0.1) is 0 Å². The molecule has 2 aliphatic heterocycles. The van der Waals surface area contributed by atoms with E-state index in [0.29, 0.717) is 26.1 Å². The van der Waals surface area contributed by atoms with Crippen molar-refractivity contribution < 1.29 is 19.1 Å². The van der Waals surface area contributed by atoms with Gasteiger partial charge in [-0.3, -0.25) is 5.10 Å². The van der Waals surface area contributed by atoms with Crippen molar-refractivity contribution in [2.75, 3.05) is 31.1 Å². The average Bonchev–Trinajstić information content (AvgIpc) is 3.51. The predicted octanol–water partition coefficient (Wildman–Crippen LogP) is 2.16. The Morgan fingerprint density at radius 2 is 1.81 bits per heavy atom. The van der Waals surface area contributed by atoms with Crippen LogP contribution in [0.1, 0.15) is 5.69 Å². The van der Waals surface area contributed by atoms with E-state index >= 15 is 0 Å². The molecule has 0 bridgehead atoms. The maximum atomic E-state index is 12.1. The molecule has 4 aromatic rings. The molecule has 0 unspecified atom stereocenters. The number of anilines is 1. The van der Waals surface area contributed by atoms with Crippen LogP contribution >= 0.6 is 0 Å². The van der Waals surface area contributed by atoms with Gasteiger partial charge in [-0.05, 0) is 24.3 Å². The summed E-state index contributed by atoms with van der Waals surface area (Å²) in [5, 5.41) is 9.56.